The molecule has 0 unspecified atom stereocenters. The third-order valence-electron chi connectivity index (χ3n) is 4.34. The Morgan fingerprint density at radius 1 is 0.958 bits per heavy atom. The van der Waals surface area contributed by atoms with Gasteiger partial charge in [0.1, 0.15) is 0 Å². The van der Waals surface area contributed by atoms with Gasteiger partial charge in [-0.25, -0.2) is 4.68 Å². The van der Waals surface area contributed by atoms with Crippen LogP contribution in [0, 0.1) is 0 Å². The Morgan fingerprint density at radius 2 is 1.62 bits per heavy atom. The van der Waals surface area contributed by atoms with E-state index in [1.54, 1.807) is 4.68 Å². The van der Waals surface area contributed by atoms with Gasteiger partial charge < -0.3 is 5.11 Å². The van der Waals surface area contributed by atoms with Crippen LogP contribution in [0.3, 0.4) is 0 Å². The lowest BCUT2D eigenvalue weighted by atomic mass is 10.1. The molecule has 0 atom stereocenters. The zero-order valence-electron chi connectivity index (χ0n) is 13.3. The van der Waals surface area contributed by atoms with Crippen LogP contribution >= 0.6 is 12.4 Å². The van der Waals surface area contributed by atoms with Crippen molar-refractivity contribution in [1.29, 1.82) is 0 Å². The van der Waals surface area contributed by atoms with Gasteiger partial charge in [-0.15, -0.1) is 12.4 Å². The van der Waals surface area contributed by atoms with Gasteiger partial charge in [-0.05, 0) is 17.7 Å². The summed E-state index contributed by atoms with van der Waals surface area (Å²) >= 11 is 0. The minimum Gasteiger partial charge on any atom is -0.493 e. The summed E-state index contributed by atoms with van der Waals surface area (Å²) in [5.74, 6) is 0.268. The minimum atomic E-state index is 0. The lowest BCUT2D eigenvalue weighted by molar-refractivity contribution is 0.241. The maximum Gasteiger partial charge on any atom is 0.219 e. The Hall–Kier alpha value is -2.30. The van der Waals surface area contributed by atoms with Crippen molar-refractivity contribution < 1.29 is 5.11 Å². The summed E-state index contributed by atoms with van der Waals surface area (Å²) < 4.78 is 1.65. The fourth-order valence-corrected chi connectivity index (χ4v) is 3.14. The maximum atomic E-state index is 10.6. The van der Waals surface area contributed by atoms with Crippen LogP contribution in [-0.4, -0.2) is 26.3 Å². The third-order valence-corrected chi connectivity index (χ3v) is 4.34. The number of hydrogen-bond donors (Lipinski definition) is 1. The van der Waals surface area contributed by atoms with Crippen molar-refractivity contribution in [3.05, 3.63) is 77.5 Å². The second-order valence-corrected chi connectivity index (χ2v) is 5.94. The Balaban J connectivity index is 0.00000169. The van der Waals surface area contributed by atoms with Gasteiger partial charge in [0.2, 0.25) is 5.88 Å². The van der Waals surface area contributed by atoms with Crippen molar-refractivity contribution >= 4 is 12.4 Å². The standard InChI is InChI=1S/C19H19N3O.ClH/c23-19-17-14-21(13-15-7-3-1-4-8-15)12-11-18(17)20-22(19)16-9-5-2-6-10-16;/h1-10,23H,11-14H2;1H. The molecule has 2 heterocycles. The van der Waals surface area contributed by atoms with Gasteiger partial charge in [0, 0.05) is 26.1 Å². The molecule has 0 saturated carbocycles. The van der Waals surface area contributed by atoms with E-state index in [-0.39, 0.29) is 18.3 Å². The second kappa shape index (κ2) is 7.07. The quantitative estimate of drug-likeness (QED) is 0.792. The topological polar surface area (TPSA) is 41.3 Å². The van der Waals surface area contributed by atoms with Gasteiger partial charge in [0.05, 0.1) is 16.9 Å². The molecule has 0 fully saturated rings. The van der Waals surface area contributed by atoms with E-state index in [0.717, 1.165) is 43.0 Å². The molecule has 0 radical (unpaired) electrons. The first kappa shape index (κ1) is 16.6. The number of halogens is 1. The number of para-hydroxylation sites is 1. The highest BCUT2D eigenvalue weighted by Gasteiger charge is 2.25. The fraction of sp³-hybridized carbons (Fsp3) is 0.211. The van der Waals surface area contributed by atoms with Gasteiger partial charge in [0.25, 0.3) is 0 Å². The number of benzene rings is 2. The molecule has 24 heavy (non-hydrogen) atoms. The molecule has 0 spiro atoms. The number of nitrogens with zero attached hydrogens (tertiary/aromatic N) is 3. The smallest absolute Gasteiger partial charge is 0.219 e. The Kier molecular flexibility index (Phi) is 4.88. The van der Waals surface area contributed by atoms with Crippen LogP contribution in [0.5, 0.6) is 5.88 Å². The van der Waals surface area contributed by atoms with Crippen LogP contribution < -0.4 is 0 Å². The first-order valence-electron chi connectivity index (χ1n) is 7.93. The molecular weight excluding hydrogens is 322 g/mol. The summed E-state index contributed by atoms with van der Waals surface area (Å²) in [4.78, 5) is 2.36. The minimum absolute atomic E-state index is 0. The highest BCUT2D eigenvalue weighted by atomic mass is 35.5. The molecule has 1 aliphatic rings. The molecule has 4 nitrogen and oxygen atoms in total. The molecule has 3 aromatic rings. The van der Waals surface area contributed by atoms with Crippen LogP contribution in [0.4, 0.5) is 0 Å². The van der Waals surface area contributed by atoms with Crippen LogP contribution in [-0.2, 0) is 19.5 Å². The van der Waals surface area contributed by atoms with Gasteiger partial charge in [-0.1, -0.05) is 48.5 Å². The molecule has 1 aromatic heterocycles. The lowest BCUT2D eigenvalue weighted by Gasteiger charge is -2.26. The summed E-state index contributed by atoms with van der Waals surface area (Å²) in [5, 5.41) is 15.2. The molecule has 0 aliphatic carbocycles. The Morgan fingerprint density at radius 3 is 2.33 bits per heavy atom. The number of hydrogen-bond acceptors (Lipinski definition) is 3. The van der Waals surface area contributed by atoms with Gasteiger partial charge >= 0.3 is 0 Å². The SMILES string of the molecule is Cl.Oc1c2c(nn1-c1ccccc1)CCN(Cc1ccccc1)C2. The summed E-state index contributed by atoms with van der Waals surface area (Å²) in [6.45, 7) is 2.60. The van der Waals surface area contributed by atoms with Crippen molar-refractivity contribution in [2.75, 3.05) is 6.54 Å². The van der Waals surface area contributed by atoms with Crippen LogP contribution in [0.2, 0.25) is 0 Å². The molecule has 0 amide bonds. The summed E-state index contributed by atoms with van der Waals surface area (Å²) in [6.07, 6.45) is 0.871. The zero-order chi connectivity index (χ0) is 15.6. The number of rotatable bonds is 3. The van der Waals surface area contributed by atoms with Crippen molar-refractivity contribution in [3.63, 3.8) is 0 Å². The third kappa shape index (κ3) is 3.16. The molecule has 0 saturated heterocycles. The number of aromatic nitrogens is 2. The van der Waals surface area contributed by atoms with Gasteiger partial charge in [0.15, 0.2) is 0 Å². The highest BCUT2D eigenvalue weighted by Crippen LogP contribution is 2.30. The highest BCUT2D eigenvalue weighted by molar-refractivity contribution is 5.85. The Labute approximate surface area is 147 Å². The molecule has 0 bridgehead atoms. The molecule has 1 N–H and O–H groups in total. The van der Waals surface area contributed by atoms with Crippen molar-refractivity contribution in [3.8, 4) is 11.6 Å². The first-order valence-corrected chi connectivity index (χ1v) is 7.93. The molecular formula is C19H20ClN3O. The Bertz CT molecular complexity index is 802. The number of aromatic hydroxyl groups is 1. The molecule has 4 rings (SSSR count). The predicted molar refractivity (Wildman–Crippen MR) is 96.7 cm³/mol. The van der Waals surface area contributed by atoms with Gasteiger partial charge in [-0.2, -0.15) is 5.10 Å². The van der Waals surface area contributed by atoms with E-state index in [4.69, 9.17) is 0 Å². The van der Waals surface area contributed by atoms with E-state index in [1.165, 1.54) is 5.56 Å². The monoisotopic (exact) mass is 341 g/mol. The summed E-state index contributed by atoms with van der Waals surface area (Å²) in [6, 6.07) is 20.2. The predicted octanol–water partition coefficient (Wildman–Crippen LogP) is 3.56. The van der Waals surface area contributed by atoms with Crippen molar-refractivity contribution in [2.24, 2.45) is 0 Å². The van der Waals surface area contributed by atoms with E-state index >= 15 is 0 Å². The van der Waals surface area contributed by atoms with Crippen LogP contribution in [0.15, 0.2) is 60.7 Å². The van der Waals surface area contributed by atoms with Crippen LogP contribution in [0.1, 0.15) is 16.8 Å². The van der Waals surface area contributed by atoms with E-state index < -0.39 is 0 Å². The number of fused-ring (bicyclic) bond motifs is 1. The van der Waals surface area contributed by atoms with E-state index in [1.807, 2.05) is 36.4 Å². The lowest BCUT2D eigenvalue weighted by Crippen LogP contribution is -2.29. The van der Waals surface area contributed by atoms with Crippen LogP contribution in [0.25, 0.3) is 5.69 Å². The van der Waals surface area contributed by atoms with E-state index in [0.29, 0.717) is 0 Å². The van der Waals surface area contributed by atoms with E-state index in [2.05, 4.69) is 34.3 Å². The maximum absolute atomic E-state index is 10.6. The average Bonchev–Trinajstić information content (AvgIpc) is 2.93. The summed E-state index contributed by atoms with van der Waals surface area (Å²) in [5.41, 5.74) is 4.16. The largest absolute Gasteiger partial charge is 0.493 e. The van der Waals surface area contributed by atoms with Crippen molar-refractivity contribution in [1.82, 2.24) is 14.7 Å². The first-order chi connectivity index (χ1) is 11.3. The van der Waals surface area contributed by atoms with Gasteiger partial charge in [-0.3, -0.25) is 4.90 Å². The average molecular weight is 342 g/mol. The zero-order valence-corrected chi connectivity index (χ0v) is 14.1. The molecule has 5 heteroatoms. The molecule has 1 aliphatic heterocycles. The fourth-order valence-electron chi connectivity index (χ4n) is 3.14. The summed E-state index contributed by atoms with van der Waals surface area (Å²) in [7, 11) is 0. The van der Waals surface area contributed by atoms with Crippen molar-refractivity contribution in [2.45, 2.75) is 19.5 Å². The molecule has 124 valence electrons. The second-order valence-electron chi connectivity index (χ2n) is 5.94. The normalized spacial score (nSPS) is 14.0. The molecule has 2 aromatic carbocycles. The van der Waals surface area contributed by atoms with E-state index in [9.17, 15) is 5.11 Å².